The Kier molecular flexibility index (Phi) is 5.53. The third kappa shape index (κ3) is 3.97. The number of furan rings is 1. The number of benzene rings is 1. The van der Waals surface area contributed by atoms with Crippen molar-refractivity contribution in [1.82, 2.24) is 10.2 Å². The predicted octanol–water partition coefficient (Wildman–Crippen LogP) is 2.71. The largest absolute Gasteiger partial charge is 0.451 e. The van der Waals surface area contributed by atoms with E-state index in [1.807, 2.05) is 25.1 Å². The highest BCUT2D eigenvalue weighted by molar-refractivity contribution is 5.96. The fourth-order valence-corrected chi connectivity index (χ4v) is 3.40. The van der Waals surface area contributed by atoms with Gasteiger partial charge < -0.3 is 14.8 Å². The molecule has 0 spiro atoms. The number of amides is 1. The Balaban J connectivity index is 1.42. The van der Waals surface area contributed by atoms with Gasteiger partial charge in [0.2, 0.25) is 0 Å². The number of fused-ring (bicyclic) bond motifs is 1. The lowest BCUT2D eigenvalue weighted by atomic mass is 10.2. The molecule has 5 heteroatoms. The maximum absolute atomic E-state index is 12.2. The summed E-state index contributed by atoms with van der Waals surface area (Å²) in [6, 6.07) is 8.02. The molecule has 1 fully saturated rings. The van der Waals surface area contributed by atoms with Gasteiger partial charge >= 0.3 is 0 Å². The van der Waals surface area contributed by atoms with E-state index in [0.29, 0.717) is 18.3 Å². The molecule has 1 aliphatic rings. The molecule has 1 atom stereocenters. The van der Waals surface area contributed by atoms with Gasteiger partial charge in [-0.05, 0) is 63.9 Å². The average molecular weight is 330 g/mol. The SMILES string of the molecule is Cc1ccc2oc(C(=O)NCCCCN3CCCC3CO)cc2c1. The van der Waals surface area contributed by atoms with Crippen LogP contribution in [0.2, 0.25) is 0 Å². The van der Waals surface area contributed by atoms with Crippen LogP contribution >= 0.6 is 0 Å². The van der Waals surface area contributed by atoms with Gasteiger partial charge in [0.05, 0.1) is 6.61 Å². The zero-order valence-electron chi connectivity index (χ0n) is 14.3. The van der Waals surface area contributed by atoms with Gasteiger partial charge in [-0.15, -0.1) is 0 Å². The van der Waals surface area contributed by atoms with Crippen LogP contribution in [0, 0.1) is 6.92 Å². The number of aliphatic hydroxyl groups is 1. The monoisotopic (exact) mass is 330 g/mol. The molecule has 130 valence electrons. The summed E-state index contributed by atoms with van der Waals surface area (Å²) in [7, 11) is 0. The Morgan fingerprint density at radius 3 is 3.08 bits per heavy atom. The third-order valence-corrected chi connectivity index (χ3v) is 4.76. The molecular formula is C19H26N2O3. The van der Waals surface area contributed by atoms with Crippen LogP contribution in [0.5, 0.6) is 0 Å². The Labute approximate surface area is 142 Å². The van der Waals surface area contributed by atoms with Gasteiger partial charge in [-0.25, -0.2) is 0 Å². The fourth-order valence-electron chi connectivity index (χ4n) is 3.40. The molecule has 1 aliphatic heterocycles. The molecule has 1 amide bonds. The molecule has 0 aliphatic carbocycles. The topological polar surface area (TPSA) is 65.7 Å². The molecule has 0 saturated carbocycles. The molecule has 1 aromatic heterocycles. The molecule has 1 saturated heterocycles. The van der Waals surface area contributed by atoms with E-state index < -0.39 is 0 Å². The van der Waals surface area contributed by atoms with Gasteiger partial charge in [-0.1, -0.05) is 11.6 Å². The Morgan fingerprint density at radius 2 is 2.25 bits per heavy atom. The Hall–Kier alpha value is -1.85. The number of likely N-dealkylation sites (tertiary alicyclic amines) is 1. The van der Waals surface area contributed by atoms with E-state index in [1.54, 1.807) is 6.07 Å². The van der Waals surface area contributed by atoms with Crippen molar-refractivity contribution in [3.8, 4) is 0 Å². The van der Waals surface area contributed by atoms with Crippen LogP contribution in [0.15, 0.2) is 28.7 Å². The number of aryl methyl sites for hydroxylation is 1. The van der Waals surface area contributed by atoms with E-state index in [4.69, 9.17) is 4.42 Å². The zero-order chi connectivity index (χ0) is 16.9. The van der Waals surface area contributed by atoms with Crippen LogP contribution in [0.4, 0.5) is 0 Å². The summed E-state index contributed by atoms with van der Waals surface area (Å²) < 4.78 is 5.60. The lowest BCUT2D eigenvalue weighted by molar-refractivity contribution is 0.0926. The normalized spacial score (nSPS) is 18.3. The molecule has 0 bridgehead atoms. The molecule has 2 aromatic rings. The maximum atomic E-state index is 12.2. The second-order valence-corrected chi connectivity index (χ2v) is 6.63. The first-order valence-electron chi connectivity index (χ1n) is 8.80. The molecule has 5 nitrogen and oxygen atoms in total. The van der Waals surface area contributed by atoms with Gasteiger partial charge in [0.25, 0.3) is 5.91 Å². The third-order valence-electron chi connectivity index (χ3n) is 4.76. The lowest BCUT2D eigenvalue weighted by Crippen LogP contribution is -2.33. The first-order valence-corrected chi connectivity index (χ1v) is 8.80. The first kappa shape index (κ1) is 17.0. The van der Waals surface area contributed by atoms with E-state index in [2.05, 4.69) is 10.2 Å². The van der Waals surface area contributed by atoms with E-state index >= 15 is 0 Å². The summed E-state index contributed by atoms with van der Waals surface area (Å²) in [6.07, 6.45) is 4.22. The van der Waals surface area contributed by atoms with Gasteiger partial charge in [0.15, 0.2) is 5.76 Å². The summed E-state index contributed by atoms with van der Waals surface area (Å²) >= 11 is 0. The number of unbranched alkanes of at least 4 members (excludes halogenated alkanes) is 1. The summed E-state index contributed by atoms with van der Waals surface area (Å²) in [5.41, 5.74) is 1.90. The number of hydrogen-bond acceptors (Lipinski definition) is 4. The van der Waals surface area contributed by atoms with Crippen LogP contribution in [-0.2, 0) is 0 Å². The molecule has 2 heterocycles. The zero-order valence-corrected chi connectivity index (χ0v) is 14.3. The van der Waals surface area contributed by atoms with Gasteiger partial charge in [0, 0.05) is 18.0 Å². The van der Waals surface area contributed by atoms with Crippen LogP contribution < -0.4 is 5.32 Å². The minimum absolute atomic E-state index is 0.154. The molecule has 24 heavy (non-hydrogen) atoms. The summed E-state index contributed by atoms with van der Waals surface area (Å²) in [4.78, 5) is 14.5. The van der Waals surface area contributed by atoms with Crippen molar-refractivity contribution in [3.63, 3.8) is 0 Å². The van der Waals surface area contributed by atoms with Crippen LogP contribution in [0.1, 0.15) is 41.8 Å². The highest BCUT2D eigenvalue weighted by atomic mass is 16.3. The minimum Gasteiger partial charge on any atom is -0.451 e. The number of nitrogens with one attached hydrogen (secondary N) is 1. The second kappa shape index (κ2) is 7.81. The predicted molar refractivity (Wildman–Crippen MR) is 94.2 cm³/mol. The van der Waals surface area contributed by atoms with Crippen molar-refractivity contribution < 1.29 is 14.3 Å². The highest BCUT2D eigenvalue weighted by Gasteiger charge is 2.22. The van der Waals surface area contributed by atoms with Crippen molar-refractivity contribution in [2.45, 2.75) is 38.6 Å². The van der Waals surface area contributed by atoms with E-state index in [1.165, 1.54) is 6.42 Å². The van der Waals surface area contributed by atoms with Gasteiger partial charge in [0.1, 0.15) is 5.58 Å². The minimum atomic E-state index is -0.154. The quantitative estimate of drug-likeness (QED) is 0.766. The summed E-state index contributed by atoms with van der Waals surface area (Å²) in [5, 5.41) is 13.2. The number of carbonyl (C=O) groups excluding carboxylic acids is 1. The van der Waals surface area contributed by atoms with Crippen molar-refractivity contribution >= 4 is 16.9 Å². The van der Waals surface area contributed by atoms with Crippen molar-refractivity contribution in [1.29, 1.82) is 0 Å². The van der Waals surface area contributed by atoms with Crippen LogP contribution in [0.3, 0.4) is 0 Å². The molecular weight excluding hydrogens is 304 g/mol. The van der Waals surface area contributed by atoms with Crippen LogP contribution in [0.25, 0.3) is 11.0 Å². The molecule has 1 unspecified atom stereocenters. The van der Waals surface area contributed by atoms with E-state index in [0.717, 1.165) is 48.9 Å². The number of carbonyl (C=O) groups is 1. The summed E-state index contributed by atoms with van der Waals surface area (Å²) in [5.74, 6) is 0.216. The van der Waals surface area contributed by atoms with Crippen molar-refractivity contribution in [3.05, 3.63) is 35.6 Å². The van der Waals surface area contributed by atoms with Crippen LogP contribution in [-0.4, -0.2) is 48.2 Å². The van der Waals surface area contributed by atoms with Gasteiger partial charge in [-0.3, -0.25) is 9.69 Å². The van der Waals surface area contributed by atoms with E-state index in [9.17, 15) is 9.90 Å². The standard InChI is InChI=1S/C19H26N2O3/c1-14-6-7-17-15(11-14)12-18(24-17)19(23)20-8-2-3-9-21-10-4-5-16(21)13-22/h6-7,11-12,16,22H,2-5,8-10,13H2,1H3,(H,20,23). The number of rotatable bonds is 7. The second-order valence-electron chi connectivity index (χ2n) is 6.63. The number of hydrogen-bond donors (Lipinski definition) is 2. The van der Waals surface area contributed by atoms with E-state index in [-0.39, 0.29) is 12.5 Å². The Bertz CT molecular complexity index is 695. The average Bonchev–Trinajstić information content (AvgIpc) is 3.20. The number of nitrogens with zero attached hydrogens (tertiary/aromatic N) is 1. The first-order chi connectivity index (χ1) is 11.7. The summed E-state index contributed by atoms with van der Waals surface area (Å²) in [6.45, 7) is 4.99. The fraction of sp³-hybridized carbons (Fsp3) is 0.526. The van der Waals surface area contributed by atoms with Crippen molar-refractivity contribution in [2.75, 3.05) is 26.2 Å². The lowest BCUT2D eigenvalue weighted by Gasteiger charge is -2.22. The molecule has 3 rings (SSSR count). The van der Waals surface area contributed by atoms with Gasteiger partial charge in [-0.2, -0.15) is 0 Å². The molecule has 1 aromatic carbocycles. The molecule has 2 N–H and O–H groups in total. The number of aliphatic hydroxyl groups excluding tert-OH is 1. The maximum Gasteiger partial charge on any atom is 0.287 e. The molecule has 0 radical (unpaired) electrons. The van der Waals surface area contributed by atoms with Crippen molar-refractivity contribution in [2.24, 2.45) is 0 Å². The Morgan fingerprint density at radius 1 is 1.38 bits per heavy atom. The smallest absolute Gasteiger partial charge is 0.287 e. The highest BCUT2D eigenvalue weighted by Crippen LogP contribution is 2.20.